The van der Waals surface area contributed by atoms with E-state index in [1.165, 1.54) is 24.3 Å². The van der Waals surface area contributed by atoms with Crippen molar-refractivity contribution in [3.63, 3.8) is 0 Å². The van der Waals surface area contributed by atoms with Crippen LogP contribution in [0, 0.1) is 11.2 Å². The van der Waals surface area contributed by atoms with Crippen LogP contribution < -0.4 is 5.43 Å². The van der Waals surface area contributed by atoms with Crippen LogP contribution in [0.15, 0.2) is 24.3 Å². The molecule has 1 aliphatic heterocycles. The molecule has 1 aromatic rings. The predicted molar refractivity (Wildman–Crippen MR) is 73.2 cm³/mol. The molecule has 0 saturated carbocycles. The quantitative estimate of drug-likeness (QED) is 0.866. The van der Waals surface area contributed by atoms with Crippen molar-refractivity contribution >= 4 is 5.91 Å². The molecule has 1 amide bonds. The van der Waals surface area contributed by atoms with Gasteiger partial charge in [-0.2, -0.15) is 13.2 Å². The highest BCUT2D eigenvalue weighted by molar-refractivity contribution is 5.83. The summed E-state index contributed by atoms with van der Waals surface area (Å²) in [6, 6.07) is 3.62. The van der Waals surface area contributed by atoms with Crippen LogP contribution in [0.2, 0.25) is 0 Å². The fraction of sp³-hybridized carbons (Fsp3) is 0.533. The van der Waals surface area contributed by atoms with Gasteiger partial charge >= 0.3 is 6.18 Å². The largest absolute Gasteiger partial charge is 0.405 e. The Balaban J connectivity index is 2.08. The molecule has 3 nitrogen and oxygen atoms in total. The fourth-order valence-corrected chi connectivity index (χ4v) is 2.46. The van der Waals surface area contributed by atoms with Crippen molar-refractivity contribution in [2.45, 2.75) is 38.9 Å². The van der Waals surface area contributed by atoms with Gasteiger partial charge in [0, 0.05) is 6.54 Å². The van der Waals surface area contributed by atoms with E-state index in [0.29, 0.717) is 5.56 Å². The highest BCUT2D eigenvalue weighted by Crippen LogP contribution is 2.33. The smallest absolute Gasteiger partial charge is 0.288 e. The lowest BCUT2D eigenvalue weighted by Crippen LogP contribution is -2.50. The minimum Gasteiger partial charge on any atom is -0.288 e. The summed E-state index contributed by atoms with van der Waals surface area (Å²) in [6.07, 6.45) is -4.50. The van der Waals surface area contributed by atoms with E-state index in [1.54, 1.807) is 13.8 Å². The van der Waals surface area contributed by atoms with Crippen molar-refractivity contribution in [1.82, 2.24) is 10.4 Å². The maximum Gasteiger partial charge on any atom is 0.405 e. The molecule has 1 aromatic carbocycles. The summed E-state index contributed by atoms with van der Waals surface area (Å²) in [4.78, 5) is 11.7. The lowest BCUT2D eigenvalue weighted by molar-refractivity contribution is -0.190. The van der Waals surface area contributed by atoms with Crippen LogP contribution >= 0.6 is 0 Å². The predicted octanol–water partition coefficient (Wildman–Crippen LogP) is 3.06. The number of amides is 1. The molecule has 1 aliphatic rings. The second-order valence-corrected chi connectivity index (χ2v) is 6.18. The first-order chi connectivity index (χ1) is 10.1. The molecule has 1 N–H and O–H groups in total. The van der Waals surface area contributed by atoms with Gasteiger partial charge in [0.15, 0.2) is 0 Å². The van der Waals surface area contributed by atoms with Gasteiger partial charge in [-0.3, -0.25) is 10.2 Å². The first-order valence-electron chi connectivity index (χ1n) is 6.98. The van der Waals surface area contributed by atoms with Gasteiger partial charge in [0.1, 0.15) is 11.9 Å². The summed E-state index contributed by atoms with van der Waals surface area (Å²) in [5.74, 6) is -0.840. The first-order valence-corrected chi connectivity index (χ1v) is 6.98. The molecular weight excluding hydrogens is 300 g/mol. The molecule has 22 heavy (non-hydrogen) atoms. The van der Waals surface area contributed by atoms with E-state index in [0.717, 1.165) is 5.01 Å². The Morgan fingerprint density at radius 1 is 1.27 bits per heavy atom. The van der Waals surface area contributed by atoms with Crippen molar-refractivity contribution in [2.75, 3.05) is 6.54 Å². The molecule has 2 rings (SSSR count). The van der Waals surface area contributed by atoms with E-state index in [4.69, 9.17) is 0 Å². The van der Waals surface area contributed by atoms with Crippen molar-refractivity contribution in [3.8, 4) is 0 Å². The lowest BCUT2D eigenvalue weighted by Gasteiger charge is -2.29. The maximum atomic E-state index is 13.3. The third-order valence-electron chi connectivity index (χ3n) is 3.80. The van der Waals surface area contributed by atoms with Crippen molar-refractivity contribution in [2.24, 2.45) is 5.41 Å². The number of carbonyl (C=O) groups excluding carboxylic acids is 1. The Bertz CT molecular complexity index is 539. The molecule has 0 radical (unpaired) electrons. The molecule has 7 heteroatoms. The Hall–Kier alpha value is -1.63. The number of aryl methyl sites for hydroxylation is 1. The highest BCUT2D eigenvalue weighted by atomic mass is 19.4. The standard InChI is InChI=1S/C15H18F4N2O/c1-14(2)9-21(20-13(14)22)12(15(17,18)19)8-5-10-3-6-11(16)7-4-10/h3-4,6-7,12H,5,8-9H2,1-2H3,(H,20,22)/t12-/m0/s1. The van der Waals surface area contributed by atoms with E-state index in [9.17, 15) is 22.4 Å². The highest BCUT2D eigenvalue weighted by Gasteiger charge is 2.49. The van der Waals surface area contributed by atoms with Gasteiger partial charge in [-0.05, 0) is 44.4 Å². The molecule has 0 bridgehead atoms. The van der Waals surface area contributed by atoms with Crippen molar-refractivity contribution in [1.29, 1.82) is 0 Å². The second-order valence-electron chi connectivity index (χ2n) is 6.18. The van der Waals surface area contributed by atoms with Crippen molar-refractivity contribution < 1.29 is 22.4 Å². The Kier molecular flexibility index (Phi) is 4.47. The Labute approximate surface area is 126 Å². The minimum absolute atomic E-state index is 0.000568. The third-order valence-corrected chi connectivity index (χ3v) is 3.80. The summed E-state index contributed by atoms with van der Waals surface area (Å²) in [7, 11) is 0. The van der Waals surface area contributed by atoms with Crippen LogP contribution in [0.25, 0.3) is 0 Å². The fourth-order valence-electron chi connectivity index (χ4n) is 2.46. The number of hydrogen-bond donors (Lipinski definition) is 1. The normalized spacial score (nSPS) is 20.0. The number of nitrogens with one attached hydrogen (secondary N) is 1. The molecule has 0 aliphatic carbocycles. The van der Waals surface area contributed by atoms with Crippen LogP contribution in [-0.4, -0.2) is 29.7 Å². The van der Waals surface area contributed by atoms with Crippen LogP contribution in [0.4, 0.5) is 17.6 Å². The van der Waals surface area contributed by atoms with E-state index >= 15 is 0 Å². The van der Waals surface area contributed by atoms with Gasteiger partial charge in [-0.1, -0.05) is 12.1 Å². The molecule has 0 spiro atoms. The number of carbonyl (C=O) groups is 1. The molecular formula is C15H18F4N2O. The average Bonchev–Trinajstić information content (AvgIpc) is 2.64. The monoisotopic (exact) mass is 318 g/mol. The molecule has 1 heterocycles. The zero-order valence-corrected chi connectivity index (χ0v) is 12.4. The zero-order chi connectivity index (χ0) is 16.5. The van der Waals surface area contributed by atoms with Gasteiger partial charge in [0.25, 0.3) is 0 Å². The van der Waals surface area contributed by atoms with Gasteiger partial charge in [0.2, 0.25) is 5.91 Å². The summed E-state index contributed by atoms with van der Waals surface area (Å²) in [6.45, 7) is 3.21. The van der Waals surface area contributed by atoms with Crippen LogP contribution in [-0.2, 0) is 11.2 Å². The average molecular weight is 318 g/mol. The van der Waals surface area contributed by atoms with Crippen LogP contribution in [0.3, 0.4) is 0 Å². The SMILES string of the molecule is CC1(C)CN([C@@H](CCc2ccc(F)cc2)C(F)(F)F)NC1=O. The van der Waals surface area contributed by atoms with E-state index < -0.39 is 29.4 Å². The van der Waals surface area contributed by atoms with Crippen molar-refractivity contribution in [3.05, 3.63) is 35.6 Å². The number of rotatable bonds is 4. The molecule has 1 saturated heterocycles. The number of alkyl halides is 3. The summed E-state index contributed by atoms with van der Waals surface area (Å²) in [5.41, 5.74) is 2.09. The number of nitrogens with zero attached hydrogens (tertiary/aromatic N) is 1. The topological polar surface area (TPSA) is 32.3 Å². The molecule has 1 fully saturated rings. The van der Waals surface area contributed by atoms with E-state index in [2.05, 4.69) is 5.43 Å². The van der Waals surface area contributed by atoms with E-state index in [-0.39, 0.29) is 19.4 Å². The maximum absolute atomic E-state index is 13.3. The first kappa shape index (κ1) is 16.7. The molecule has 122 valence electrons. The van der Waals surface area contributed by atoms with Gasteiger partial charge < -0.3 is 0 Å². The number of hydrogen-bond acceptors (Lipinski definition) is 2. The van der Waals surface area contributed by atoms with Gasteiger partial charge in [-0.15, -0.1) is 0 Å². The second kappa shape index (κ2) is 5.87. The summed E-state index contributed by atoms with van der Waals surface area (Å²) in [5, 5.41) is 0.964. The molecule has 0 unspecified atom stereocenters. The zero-order valence-electron chi connectivity index (χ0n) is 12.4. The van der Waals surface area contributed by atoms with Crippen LogP contribution in [0.5, 0.6) is 0 Å². The summed E-state index contributed by atoms with van der Waals surface area (Å²) < 4.78 is 52.6. The van der Waals surface area contributed by atoms with Crippen LogP contribution in [0.1, 0.15) is 25.8 Å². The molecule has 1 atom stereocenters. The number of benzene rings is 1. The van der Waals surface area contributed by atoms with E-state index in [1.807, 2.05) is 0 Å². The van der Waals surface area contributed by atoms with Gasteiger partial charge in [0.05, 0.1) is 5.41 Å². The minimum atomic E-state index is -4.45. The third kappa shape index (κ3) is 3.76. The summed E-state index contributed by atoms with van der Waals surface area (Å²) >= 11 is 0. The lowest BCUT2D eigenvalue weighted by atomic mass is 9.94. The number of hydrazine groups is 1. The Morgan fingerprint density at radius 2 is 1.86 bits per heavy atom. The Morgan fingerprint density at radius 3 is 2.32 bits per heavy atom. The van der Waals surface area contributed by atoms with Gasteiger partial charge in [-0.25, -0.2) is 9.40 Å². The number of halogens is 4. The molecule has 0 aromatic heterocycles.